The van der Waals surface area contributed by atoms with E-state index in [0.717, 1.165) is 45.1 Å². The number of aliphatic hydroxyl groups is 1. The Hall–Kier alpha value is -1.91. The van der Waals surface area contributed by atoms with Crippen LogP contribution in [0.25, 0.3) is 0 Å². The fourth-order valence-electron chi connectivity index (χ4n) is 7.25. The number of likely N-dealkylation sites (N-methyl/N-ethyl adjacent to an activating group) is 1. The minimum Gasteiger partial charge on any atom is -0.393 e. The third kappa shape index (κ3) is 3.56. The minimum absolute atomic E-state index is 0.0149. The third-order valence-electron chi connectivity index (χ3n) is 9.05. The van der Waals surface area contributed by atoms with E-state index in [-0.39, 0.29) is 11.5 Å². The molecule has 0 bridgehead atoms. The topological polar surface area (TPSA) is 49.8 Å². The molecule has 172 valence electrons. The van der Waals surface area contributed by atoms with Crippen molar-refractivity contribution >= 4 is 11.5 Å². The molecule has 0 heterocycles. The molecule has 4 aliphatic carbocycles. The molecule has 2 saturated carbocycles. The van der Waals surface area contributed by atoms with Gasteiger partial charge in [-0.3, -0.25) is 4.79 Å². The van der Waals surface area contributed by atoms with Gasteiger partial charge in [-0.2, -0.15) is 0 Å². The van der Waals surface area contributed by atoms with E-state index in [1.165, 1.54) is 22.4 Å². The van der Waals surface area contributed by atoms with Gasteiger partial charge in [0.05, 0.1) is 12.7 Å². The number of methoxy groups -OCH3 is 1. The monoisotopic (exact) mass is 435 g/mol. The number of rotatable bonds is 5. The average molecular weight is 436 g/mol. The molecule has 5 rings (SSSR count). The van der Waals surface area contributed by atoms with Gasteiger partial charge in [0.2, 0.25) is 0 Å². The van der Waals surface area contributed by atoms with Crippen LogP contribution in [0, 0.1) is 17.3 Å². The van der Waals surface area contributed by atoms with E-state index in [1.807, 2.05) is 6.08 Å². The summed E-state index contributed by atoms with van der Waals surface area (Å²) in [6, 6.07) is 9.05. The molecule has 5 atom stereocenters. The molecule has 0 amide bonds. The number of hydrogen-bond acceptors (Lipinski definition) is 4. The molecule has 1 aromatic carbocycles. The molecule has 4 aliphatic rings. The molecule has 1 aromatic rings. The van der Waals surface area contributed by atoms with E-state index in [9.17, 15) is 9.90 Å². The van der Waals surface area contributed by atoms with Gasteiger partial charge < -0.3 is 14.7 Å². The number of aliphatic hydroxyl groups excluding tert-OH is 1. The summed E-state index contributed by atoms with van der Waals surface area (Å²) < 4.78 is 5.23. The first-order valence-electron chi connectivity index (χ1n) is 12.4. The van der Waals surface area contributed by atoms with Crippen LogP contribution in [-0.4, -0.2) is 44.3 Å². The van der Waals surface area contributed by atoms with Crippen LogP contribution >= 0.6 is 0 Å². The van der Waals surface area contributed by atoms with Gasteiger partial charge >= 0.3 is 0 Å². The van der Waals surface area contributed by atoms with E-state index < -0.39 is 0 Å². The van der Waals surface area contributed by atoms with Crippen LogP contribution in [0.2, 0.25) is 0 Å². The van der Waals surface area contributed by atoms with Crippen LogP contribution in [0.15, 0.2) is 47.1 Å². The van der Waals surface area contributed by atoms with Crippen LogP contribution in [0.5, 0.6) is 0 Å². The summed E-state index contributed by atoms with van der Waals surface area (Å²) in [5, 5.41) is 11.0. The molecule has 0 saturated heterocycles. The standard InChI is InChI=1S/C28H37NO3/c1-28-17-24(18-4-7-20(8-5-18)29(2)14-15-32-3)27-22-11-9-21(30)16-19(22)6-10-23(27)25(28)12-13-26(28)31/h4-5,7-8,16,23-26,31H,6,9-15,17H2,1-3H3. The number of carbonyl (C=O) groups is 1. The van der Waals surface area contributed by atoms with E-state index in [4.69, 9.17) is 4.74 Å². The van der Waals surface area contributed by atoms with E-state index in [0.29, 0.717) is 36.6 Å². The Labute approximate surface area is 192 Å². The number of fused-ring (bicyclic) bond motifs is 4. The first kappa shape index (κ1) is 21.9. The number of allylic oxidation sites excluding steroid dienone is 4. The number of ketones is 1. The molecule has 32 heavy (non-hydrogen) atoms. The van der Waals surface area contributed by atoms with Crippen molar-refractivity contribution in [3.63, 3.8) is 0 Å². The van der Waals surface area contributed by atoms with Crippen molar-refractivity contribution in [2.24, 2.45) is 17.3 Å². The average Bonchev–Trinajstić information content (AvgIpc) is 3.10. The SMILES string of the molecule is COCCN(C)c1ccc(C2CC3(C)C(O)CCC3C3CCC4=CC(=O)CCC4=C23)cc1. The normalized spacial score (nSPS) is 34.0. The van der Waals surface area contributed by atoms with Crippen molar-refractivity contribution in [2.75, 3.05) is 32.2 Å². The first-order chi connectivity index (χ1) is 15.4. The summed E-state index contributed by atoms with van der Waals surface area (Å²) in [5.74, 6) is 1.73. The highest BCUT2D eigenvalue weighted by atomic mass is 16.5. The molecule has 0 spiro atoms. The molecule has 4 nitrogen and oxygen atoms in total. The van der Waals surface area contributed by atoms with E-state index >= 15 is 0 Å². The van der Waals surface area contributed by atoms with Crippen molar-refractivity contribution < 1.29 is 14.6 Å². The highest BCUT2D eigenvalue weighted by Gasteiger charge is 2.56. The van der Waals surface area contributed by atoms with Crippen molar-refractivity contribution in [3.8, 4) is 0 Å². The summed E-state index contributed by atoms with van der Waals surface area (Å²) in [6.07, 6.45) is 8.49. The number of nitrogens with zero attached hydrogens (tertiary/aromatic N) is 1. The lowest BCUT2D eigenvalue weighted by Crippen LogP contribution is -2.45. The maximum atomic E-state index is 12.1. The first-order valence-corrected chi connectivity index (χ1v) is 12.4. The number of carbonyl (C=O) groups excluding carboxylic acids is 1. The molecule has 4 heteroatoms. The van der Waals surface area contributed by atoms with Gasteiger partial charge in [0.15, 0.2) is 5.78 Å². The maximum Gasteiger partial charge on any atom is 0.156 e. The Kier molecular flexibility index (Phi) is 5.79. The fraction of sp³-hybridized carbons (Fsp3) is 0.607. The molecule has 0 radical (unpaired) electrons. The van der Waals surface area contributed by atoms with Crippen LogP contribution in [-0.2, 0) is 9.53 Å². The molecular weight excluding hydrogens is 398 g/mol. The summed E-state index contributed by atoms with van der Waals surface area (Å²) >= 11 is 0. The highest BCUT2D eigenvalue weighted by Crippen LogP contribution is 2.63. The lowest BCUT2D eigenvalue weighted by Gasteiger charge is -2.52. The van der Waals surface area contributed by atoms with Crippen LogP contribution in [0.1, 0.15) is 63.4 Å². The van der Waals surface area contributed by atoms with Crippen molar-refractivity contribution in [1.29, 1.82) is 0 Å². The summed E-state index contributed by atoms with van der Waals surface area (Å²) in [4.78, 5) is 14.4. The van der Waals surface area contributed by atoms with Gasteiger partial charge in [-0.25, -0.2) is 0 Å². The number of benzene rings is 1. The van der Waals surface area contributed by atoms with Crippen LogP contribution in [0.3, 0.4) is 0 Å². The Morgan fingerprint density at radius 1 is 1.12 bits per heavy atom. The third-order valence-corrected chi connectivity index (χ3v) is 9.05. The predicted octanol–water partition coefficient (Wildman–Crippen LogP) is 5.03. The summed E-state index contributed by atoms with van der Waals surface area (Å²) in [6.45, 7) is 3.92. The van der Waals surface area contributed by atoms with Gasteiger partial charge in [-0.15, -0.1) is 0 Å². The Morgan fingerprint density at radius 2 is 1.91 bits per heavy atom. The second-order valence-electron chi connectivity index (χ2n) is 10.7. The van der Waals surface area contributed by atoms with Crippen LogP contribution < -0.4 is 4.90 Å². The quantitative estimate of drug-likeness (QED) is 0.705. The highest BCUT2D eigenvalue weighted by molar-refractivity contribution is 5.93. The summed E-state index contributed by atoms with van der Waals surface area (Å²) in [7, 11) is 3.84. The summed E-state index contributed by atoms with van der Waals surface area (Å²) in [5.41, 5.74) is 6.93. The molecule has 0 aliphatic heterocycles. The minimum atomic E-state index is -0.203. The zero-order valence-electron chi connectivity index (χ0n) is 19.8. The van der Waals surface area contributed by atoms with E-state index in [1.54, 1.807) is 12.7 Å². The van der Waals surface area contributed by atoms with Crippen molar-refractivity contribution in [2.45, 2.75) is 63.9 Å². The lowest BCUT2D eigenvalue weighted by molar-refractivity contribution is -0.114. The van der Waals surface area contributed by atoms with E-state index in [2.05, 4.69) is 43.1 Å². The number of ether oxygens (including phenoxy) is 1. The Morgan fingerprint density at radius 3 is 2.66 bits per heavy atom. The van der Waals surface area contributed by atoms with Gasteiger partial charge in [-0.1, -0.05) is 24.6 Å². The fourth-order valence-corrected chi connectivity index (χ4v) is 7.25. The maximum absolute atomic E-state index is 12.1. The molecule has 0 aromatic heterocycles. The van der Waals surface area contributed by atoms with Crippen molar-refractivity contribution in [3.05, 3.63) is 52.6 Å². The Balaban J connectivity index is 1.55. The number of hydrogen-bond donors (Lipinski definition) is 1. The molecule has 2 fully saturated rings. The molecular formula is C28H37NO3. The molecule has 1 N–H and O–H groups in total. The smallest absolute Gasteiger partial charge is 0.156 e. The largest absolute Gasteiger partial charge is 0.393 e. The second-order valence-corrected chi connectivity index (χ2v) is 10.7. The zero-order valence-corrected chi connectivity index (χ0v) is 19.8. The zero-order chi connectivity index (χ0) is 22.5. The predicted molar refractivity (Wildman–Crippen MR) is 128 cm³/mol. The Bertz CT molecular complexity index is 946. The lowest BCUT2D eigenvalue weighted by atomic mass is 9.53. The van der Waals surface area contributed by atoms with Crippen molar-refractivity contribution in [1.82, 2.24) is 0 Å². The second kappa shape index (κ2) is 8.46. The molecule has 5 unspecified atom stereocenters. The van der Waals surface area contributed by atoms with Gasteiger partial charge in [0, 0.05) is 38.7 Å². The van der Waals surface area contributed by atoms with Gasteiger partial charge in [-0.05, 0) is 90.7 Å². The van der Waals surface area contributed by atoms with Gasteiger partial charge in [0.1, 0.15) is 0 Å². The van der Waals surface area contributed by atoms with Gasteiger partial charge in [0.25, 0.3) is 0 Å². The number of anilines is 1. The van der Waals surface area contributed by atoms with Crippen LogP contribution in [0.4, 0.5) is 5.69 Å².